The number of nitrogens with zero attached hydrogens (tertiary/aromatic N) is 3. The first-order chi connectivity index (χ1) is 9.43. The van der Waals surface area contributed by atoms with Crippen molar-refractivity contribution in [2.24, 2.45) is 0 Å². The minimum absolute atomic E-state index is 0.0964. The average molecular weight is 422 g/mol. The Balaban J connectivity index is 2.32. The van der Waals surface area contributed by atoms with Gasteiger partial charge in [0.15, 0.2) is 5.78 Å². The van der Waals surface area contributed by atoms with Crippen LogP contribution in [0.3, 0.4) is 0 Å². The fourth-order valence-electron chi connectivity index (χ4n) is 1.89. The quantitative estimate of drug-likeness (QED) is 0.695. The highest BCUT2D eigenvalue weighted by Gasteiger charge is 2.19. The second kappa shape index (κ2) is 6.37. The molecule has 2 rings (SSSR count). The van der Waals surface area contributed by atoms with Gasteiger partial charge in [0, 0.05) is 21.7 Å². The number of carbonyl (C=O) groups is 1. The van der Waals surface area contributed by atoms with Crippen LogP contribution in [0.2, 0.25) is 5.02 Å². The van der Waals surface area contributed by atoms with Crippen LogP contribution in [-0.4, -0.2) is 20.5 Å². The molecule has 2 aromatic rings. The van der Waals surface area contributed by atoms with E-state index in [1.54, 1.807) is 16.9 Å². The highest BCUT2D eigenvalue weighted by atomic mass is 79.9. The van der Waals surface area contributed by atoms with Gasteiger partial charge in [-0.25, -0.2) is 0 Å². The van der Waals surface area contributed by atoms with Crippen LogP contribution in [0, 0.1) is 6.92 Å². The van der Waals surface area contributed by atoms with Crippen molar-refractivity contribution in [1.29, 1.82) is 0 Å². The van der Waals surface area contributed by atoms with E-state index in [0.29, 0.717) is 21.7 Å². The van der Waals surface area contributed by atoms with Gasteiger partial charge >= 0.3 is 0 Å². The molecule has 0 aromatic carbocycles. The number of Topliss-reactive ketones (excluding diaryl/α,β-unsaturated/α-hetero) is 1. The molecule has 0 radical (unpaired) electrons. The molecule has 0 aliphatic heterocycles. The Morgan fingerprint density at radius 3 is 2.75 bits per heavy atom. The molecule has 2 heterocycles. The van der Waals surface area contributed by atoms with Gasteiger partial charge in [0.05, 0.1) is 22.8 Å². The number of hydrogen-bond acceptors (Lipinski definition) is 3. The summed E-state index contributed by atoms with van der Waals surface area (Å²) in [5.41, 5.74) is 1.86. The molecule has 0 N–H and O–H groups in total. The van der Waals surface area contributed by atoms with Crippen LogP contribution in [0.1, 0.15) is 28.8 Å². The van der Waals surface area contributed by atoms with Gasteiger partial charge in [-0.15, -0.1) is 0 Å². The Morgan fingerprint density at radius 2 is 2.15 bits per heavy atom. The molecule has 0 spiro atoms. The second-order valence-electron chi connectivity index (χ2n) is 4.25. The summed E-state index contributed by atoms with van der Waals surface area (Å²) >= 11 is 12.9. The van der Waals surface area contributed by atoms with Crippen molar-refractivity contribution < 1.29 is 4.79 Å². The van der Waals surface area contributed by atoms with Crippen LogP contribution >= 0.6 is 43.5 Å². The first kappa shape index (κ1) is 15.7. The molecule has 0 unspecified atom stereocenters. The smallest absolute Gasteiger partial charge is 0.188 e. The summed E-state index contributed by atoms with van der Waals surface area (Å²) in [6, 6.07) is 1.80. The number of aryl methyl sites for hydroxylation is 2. The van der Waals surface area contributed by atoms with E-state index in [9.17, 15) is 4.79 Å². The molecule has 0 saturated carbocycles. The van der Waals surface area contributed by atoms with Gasteiger partial charge in [0.2, 0.25) is 0 Å². The maximum Gasteiger partial charge on any atom is 0.188 e. The molecule has 7 heteroatoms. The monoisotopic (exact) mass is 419 g/mol. The lowest BCUT2D eigenvalue weighted by Gasteiger charge is -2.06. The van der Waals surface area contributed by atoms with Gasteiger partial charge in [-0.1, -0.05) is 11.6 Å². The van der Waals surface area contributed by atoms with Crippen LogP contribution in [-0.2, 0) is 13.0 Å². The number of rotatable bonds is 4. The number of carbonyl (C=O) groups excluding carboxylic acids is 1. The summed E-state index contributed by atoms with van der Waals surface area (Å²) < 4.78 is 3.23. The van der Waals surface area contributed by atoms with Gasteiger partial charge in [0.1, 0.15) is 5.69 Å². The van der Waals surface area contributed by atoms with Crippen molar-refractivity contribution in [1.82, 2.24) is 14.8 Å². The largest absolute Gasteiger partial charge is 0.292 e. The molecule has 0 fully saturated rings. The Morgan fingerprint density at radius 1 is 1.45 bits per heavy atom. The third-order valence-corrected chi connectivity index (χ3v) is 4.38. The SMILES string of the molecule is CCn1nc(C)c(Cl)c1CC(=O)c1ncc(Br)cc1Br. The van der Waals surface area contributed by atoms with Crippen molar-refractivity contribution in [3.05, 3.63) is 43.3 Å². The molecular weight excluding hydrogens is 409 g/mol. The summed E-state index contributed by atoms with van der Waals surface area (Å²) in [5.74, 6) is -0.0964. The fraction of sp³-hybridized carbons (Fsp3) is 0.308. The Labute approximate surface area is 138 Å². The average Bonchev–Trinajstić information content (AvgIpc) is 2.66. The zero-order chi connectivity index (χ0) is 14.9. The molecule has 20 heavy (non-hydrogen) atoms. The third-order valence-electron chi connectivity index (χ3n) is 2.85. The molecule has 0 bridgehead atoms. The molecule has 0 atom stereocenters. The van der Waals surface area contributed by atoms with Crippen molar-refractivity contribution in [2.45, 2.75) is 26.8 Å². The van der Waals surface area contributed by atoms with Crippen LogP contribution in [0.5, 0.6) is 0 Å². The minimum Gasteiger partial charge on any atom is -0.292 e. The highest BCUT2D eigenvalue weighted by Crippen LogP contribution is 2.24. The molecule has 0 amide bonds. The summed E-state index contributed by atoms with van der Waals surface area (Å²) in [7, 11) is 0. The minimum atomic E-state index is -0.0964. The van der Waals surface area contributed by atoms with E-state index in [1.807, 2.05) is 13.8 Å². The lowest BCUT2D eigenvalue weighted by Crippen LogP contribution is -2.12. The van der Waals surface area contributed by atoms with Gasteiger partial charge in [-0.05, 0) is 51.8 Å². The second-order valence-corrected chi connectivity index (χ2v) is 6.39. The van der Waals surface area contributed by atoms with E-state index in [0.717, 1.165) is 15.9 Å². The van der Waals surface area contributed by atoms with Crippen molar-refractivity contribution in [3.8, 4) is 0 Å². The Bertz CT molecular complexity index is 670. The van der Waals surface area contributed by atoms with Crippen molar-refractivity contribution >= 4 is 49.2 Å². The van der Waals surface area contributed by atoms with E-state index >= 15 is 0 Å². The van der Waals surface area contributed by atoms with E-state index in [-0.39, 0.29) is 12.2 Å². The summed E-state index contributed by atoms with van der Waals surface area (Å²) in [6.07, 6.45) is 1.78. The fourth-order valence-corrected chi connectivity index (χ4v) is 3.30. The predicted molar refractivity (Wildman–Crippen MR) is 85.3 cm³/mol. The van der Waals surface area contributed by atoms with E-state index in [1.165, 1.54) is 0 Å². The predicted octanol–water partition coefficient (Wildman–Crippen LogP) is 4.21. The highest BCUT2D eigenvalue weighted by molar-refractivity contribution is 9.11. The standard InChI is InChI=1S/C13H12Br2ClN3O/c1-3-19-10(12(16)7(2)18-19)5-11(20)13-9(15)4-8(14)6-17-13/h4,6H,3,5H2,1-2H3. The molecule has 2 aromatic heterocycles. The number of ketones is 1. The first-order valence-electron chi connectivity index (χ1n) is 6.00. The molecule has 0 saturated heterocycles. The molecule has 4 nitrogen and oxygen atoms in total. The Kier molecular flexibility index (Phi) is 4.99. The topological polar surface area (TPSA) is 47.8 Å². The van der Waals surface area contributed by atoms with Gasteiger partial charge in [-0.3, -0.25) is 14.5 Å². The zero-order valence-corrected chi connectivity index (χ0v) is 14.9. The molecule has 0 aliphatic carbocycles. The lowest BCUT2D eigenvalue weighted by molar-refractivity contribution is 0.0985. The molecular formula is C13H12Br2ClN3O. The number of hydrogen-bond donors (Lipinski definition) is 0. The first-order valence-corrected chi connectivity index (χ1v) is 7.96. The molecule has 106 valence electrons. The van der Waals surface area contributed by atoms with Crippen LogP contribution < -0.4 is 0 Å². The van der Waals surface area contributed by atoms with Gasteiger partial charge in [0.25, 0.3) is 0 Å². The number of pyridine rings is 1. The number of halogens is 3. The van der Waals surface area contributed by atoms with Crippen LogP contribution in [0.15, 0.2) is 21.2 Å². The summed E-state index contributed by atoms with van der Waals surface area (Å²) in [5, 5.41) is 4.85. The zero-order valence-electron chi connectivity index (χ0n) is 11.0. The number of aromatic nitrogens is 3. The van der Waals surface area contributed by atoms with E-state index in [4.69, 9.17) is 11.6 Å². The lowest BCUT2D eigenvalue weighted by atomic mass is 10.1. The van der Waals surface area contributed by atoms with Crippen molar-refractivity contribution in [2.75, 3.05) is 0 Å². The maximum atomic E-state index is 12.4. The van der Waals surface area contributed by atoms with Crippen LogP contribution in [0.25, 0.3) is 0 Å². The maximum absolute atomic E-state index is 12.4. The normalized spacial score (nSPS) is 10.8. The van der Waals surface area contributed by atoms with Gasteiger partial charge in [-0.2, -0.15) is 5.10 Å². The molecule has 0 aliphatic rings. The van der Waals surface area contributed by atoms with Crippen molar-refractivity contribution in [3.63, 3.8) is 0 Å². The van der Waals surface area contributed by atoms with Gasteiger partial charge < -0.3 is 0 Å². The van der Waals surface area contributed by atoms with Crippen LogP contribution in [0.4, 0.5) is 0 Å². The van der Waals surface area contributed by atoms with E-state index in [2.05, 4.69) is 41.9 Å². The third kappa shape index (κ3) is 3.13. The van der Waals surface area contributed by atoms with E-state index < -0.39 is 0 Å². The summed E-state index contributed by atoms with van der Waals surface area (Å²) in [4.78, 5) is 16.5. The summed E-state index contributed by atoms with van der Waals surface area (Å²) in [6.45, 7) is 4.46. The Hall–Kier alpha value is -0.720.